The van der Waals surface area contributed by atoms with Gasteiger partial charge in [0.2, 0.25) is 6.41 Å². The Kier molecular flexibility index (Phi) is 5.78. The van der Waals surface area contributed by atoms with Gasteiger partial charge in [-0.15, -0.1) is 0 Å². The molecule has 0 aliphatic heterocycles. The molecule has 0 aliphatic rings. The number of carbonyl (C=O) groups is 3. The van der Waals surface area contributed by atoms with E-state index in [9.17, 15) is 14.4 Å². The Hall–Kier alpha value is -3.56. The van der Waals surface area contributed by atoms with E-state index in [-0.39, 0.29) is 36.3 Å². The van der Waals surface area contributed by atoms with Crippen LogP contribution in [-0.4, -0.2) is 47.6 Å². The summed E-state index contributed by atoms with van der Waals surface area (Å²) < 4.78 is 0. The first-order valence-corrected chi connectivity index (χ1v) is 7.80. The maximum absolute atomic E-state index is 12.7. The SMILES string of the molecule is Cc1c(C(=O)N(C)c2cc(NC=O)c[nH]2)c[nH]c1C(=O)NCCC(=N)N. The number of rotatable bonds is 8. The van der Waals surface area contributed by atoms with Crippen LogP contribution < -0.4 is 21.3 Å². The number of H-pyrrole nitrogens is 2. The molecule has 138 valence electrons. The minimum atomic E-state index is -0.372. The van der Waals surface area contributed by atoms with Gasteiger partial charge in [-0.2, -0.15) is 0 Å². The summed E-state index contributed by atoms with van der Waals surface area (Å²) in [5, 5.41) is 12.3. The second-order valence-corrected chi connectivity index (χ2v) is 5.63. The fourth-order valence-corrected chi connectivity index (χ4v) is 2.37. The monoisotopic (exact) mass is 359 g/mol. The summed E-state index contributed by atoms with van der Waals surface area (Å²) in [6.07, 6.45) is 3.83. The lowest BCUT2D eigenvalue weighted by Crippen LogP contribution is -2.29. The van der Waals surface area contributed by atoms with Gasteiger partial charge in [0.1, 0.15) is 11.5 Å². The molecule has 2 heterocycles. The quantitative estimate of drug-likeness (QED) is 0.231. The van der Waals surface area contributed by atoms with Crippen molar-refractivity contribution in [3.05, 3.63) is 35.3 Å². The summed E-state index contributed by atoms with van der Waals surface area (Å²) in [6, 6.07) is 1.61. The largest absolute Gasteiger partial charge is 0.388 e. The molecule has 0 atom stereocenters. The van der Waals surface area contributed by atoms with E-state index >= 15 is 0 Å². The Balaban J connectivity index is 2.11. The van der Waals surface area contributed by atoms with Crippen LogP contribution in [0.3, 0.4) is 0 Å². The van der Waals surface area contributed by atoms with Crippen molar-refractivity contribution in [3.63, 3.8) is 0 Å². The molecule has 10 nitrogen and oxygen atoms in total. The van der Waals surface area contributed by atoms with E-state index in [2.05, 4.69) is 20.6 Å². The Bertz CT molecular complexity index is 837. The fourth-order valence-electron chi connectivity index (χ4n) is 2.37. The number of amidine groups is 1. The fraction of sp³-hybridized carbons (Fsp3) is 0.250. The molecule has 2 aromatic heterocycles. The van der Waals surface area contributed by atoms with E-state index in [1.807, 2.05) is 0 Å². The Morgan fingerprint density at radius 1 is 1.35 bits per heavy atom. The van der Waals surface area contributed by atoms with Gasteiger partial charge in [-0.1, -0.05) is 0 Å². The molecule has 0 bridgehead atoms. The van der Waals surface area contributed by atoms with Crippen molar-refractivity contribution in [2.75, 3.05) is 23.8 Å². The lowest BCUT2D eigenvalue weighted by molar-refractivity contribution is -0.105. The zero-order valence-corrected chi connectivity index (χ0v) is 14.5. The average Bonchev–Trinajstić information content (AvgIpc) is 3.20. The maximum Gasteiger partial charge on any atom is 0.268 e. The summed E-state index contributed by atoms with van der Waals surface area (Å²) in [6.45, 7) is 1.91. The van der Waals surface area contributed by atoms with Crippen molar-refractivity contribution in [2.45, 2.75) is 13.3 Å². The van der Waals surface area contributed by atoms with Crippen LogP contribution in [0.25, 0.3) is 0 Å². The predicted octanol–water partition coefficient (Wildman–Crippen LogP) is 0.552. The van der Waals surface area contributed by atoms with Gasteiger partial charge in [-0.25, -0.2) is 0 Å². The van der Waals surface area contributed by atoms with Crippen molar-refractivity contribution < 1.29 is 14.4 Å². The molecule has 26 heavy (non-hydrogen) atoms. The molecule has 3 amide bonds. The number of nitrogens with two attached hydrogens (primary N) is 1. The number of hydrogen-bond acceptors (Lipinski definition) is 4. The van der Waals surface area contributed by atoms with Gasteiger partial charge in [0.25, 0.3) is 11.8 Å². The van der Waals surface area contributed by atoms with Crippen LogP contribution in [-0.2, 0) is 4.79 Å². The summed E-state index contributed by atoms with van der Waals surface area (Å²) in [4.78, 5) is 42.4. The molecule has 0 unspecified atom stereocenters. The first kappa shape index (κ1) is 18.8. The number of aromatic nitrogens is 2. The molecular formula is C16H21N7O3. The Morgan fingerprint density at radius 3 is 2.73 bits per heavy atom. The molecule has 0 radical (unpaired) electrons. The van der Waals surface area contributed by atoms with Gasteiger partial charge < -0.3 is 26.3 Å². The third-order valence-corrected chi connectivity index (χ3v) is 3.84. The van der Waals surface area contributed by atoms with E-state index in [4.69, 9.17) is 11.1 Å². The zero-order chi connectivity index (χ0) is 19.3. The third-order valence-electron chi connectivity index (χ3n) is 3.84. The molecule has 7 N–H and O–H groups in total. The highest BCUT2D eigenvalue weighted by Crippen LogP contribution is 2.21. The van der Waals surface area contributed by atoms with Crippen LogP contribution in [0, 0.1) is 12.3 Å². The molecule has 0 aromatic carbocycles. The highest BCUT2D eigenvalue weighted by Gasteiger charge is 2.22. The lowest BCUT2D eigenvalue weighted by Gasteiger charge is -2.15. The highest BCUT2D eigenvalue weighted by molar-refractivity contribution is 6.08. The van der Waals surface area contributed by atoms with E-state index in [1.165, 1.54) is 11.1 Å². The molecule has 0 spiro atoms. The van der Waals surface area contributed by atoms with E-state index in [1.54, 1.807) is 26.2 Å². The van der Waals surface area contributed by atoms with Gasteiger partial charge in [0.15, 0.2) is 0 Å². The molecule has 0 saturated heterocycles. The van der Waals surface area contributed by atoms with Crippen LogP contribution in [0.1, 0.15) is 32.8 Å². The van der Waals surface area contributed by atoms with Crippen LogP contribution in [0.2, 0.25) is 0 Å². The zero-order valence-electron chi connectivity index (χ0n) is 14.5. The minimum absolute atomic E-state index is 0.0135. The molecule has 2 aromatic rings. The number of carbonyl (C=O) groups excluding carboxylic acids is 3. The average molecular weight is 359 g/mol. The number of nitrogens with one attached hydrogen (secondary N) is 5. The topological polar surface area (TPSA) is 160 Å². The number of hydrogen-bond donors (Lipinski definition) is 6. The first-order valence-electron chi connectivity index (χ1n) is 7.80. The van der Waals surface area contributed by atoms with Gasteiger partial charge in [0.05, 0.1) is 17.1 Å². The lowest BCUT2D eigenvalue weighted by atomic mass is 10.1. The number of anilines is 2. The van der Waals surface area contributed by atoms with Crippen LogP contribution in [0.4, 0.5) is 11.5 Å². The highest BCUT2D eigenvalue weighted by atomic mass is 16.2. The smallest absolute Gasteiger partial charge is 0.268 e. The maximum atomic E-state index is 12.7. The van der Waals surface area contributed by atoms with Crippen molar-refractivity contribution in [1.29, 1.82) is 5.41 Å². The van der Waals surface area contributed by atoms with Gasteiger partial charge in [-0.3, -0.25) is 24.7 Å². The molecular weight excluding hydrogens is 338 g/mol. The van der Waals surface area contributed by atoms with Crippen LogP contribution >= 0.6 is 0 Å². The minimum Gasteiger partial charge on any atom is -0.388 e. The third kappa shape index (κ3) is 4.09. The van der Waals surface area contributed by atoms with Crippen molar-refractivity contribution >= 4 is 35.6 Å². The normalized spacial score (nSPS) is 10.2. The van der Waals surface area contributed by atoms with E-state index in [0.29, 0.717) is 29.0 Å². The van der Waals surface area contributed by atoms with Crippen molar-refractivity contribution in [2.24, 2.45) is 5.73 Å². The van der Waals surface area contributed by atoms with Gasteiger partial charge in [-0.05, 0) is 12.5 Å². The van der Waals surface area contributed by atoms with E-state index < -0.39 is 0 Å². The first-order chi connectivity index (χ1) is 12.3. The summed E-state index contributed by atoms with van der Waals surface area (Å²) >= 11 is 0. The second-order valence-electron chi connectivity index (χ2n) is 5.63. The molecule has 10 heteroatoms. The standard InChI is InChI=1S/C16H21N7O3/c1-9-11(7-21-14(9)15(25)19-4-3-12(17)18)16(26)23(2)13-5-10(6-20-13)22-8-24/h5-8,20-21H,3-4H2,1-2H3,(H3,17,18)(H,19,25)(H,22,24). The van der Waals surface area contributed by atoms with Gasteiger partial charge >= 0.3 is 0 Å². The van der Waals surface area contributed by atoms with Crippen molar-refractivity contribution in [3.8, 4) is 0 Å². The molecule has 0 fully saturated rings. The number of amides is 3. The van der Waals surface area contributed by atoms with E-state index in [0.717, 1.165) is 0 Å². The molecule has 0 saturated carbocycles. The predicted molar refractivity (Wildman–Crippen MR) is 97.6 cm³/mol. The van der Waals surface area contributed by atoms with Crippen molar-refractivity contribution in [1.82, 2.24) is 15.3 Å². The Labute approximate surface area is 149 Å². The van der Waals surface area contributed by atoms with Crippen LogP contribution in [0.15, 0.2) is 18.5 Å². The number of nitrogens with zero attached hydrogens (tertiary/aromatic N) is 1. The summed E-state index contributed by atoms with van der Waals surface area (Å²) in [7, 11) is 1.58. The molecule has 2 rings (SSSR count). The summed E-state index contributed by atoms with van der Waals surface area (Å²) in [5.74, 6) is -0.211. The second kappa shape index (κ2) is 8.01. The molecule has 0 aliphatic carbocycles. The summed E-state index contributed by atoms with van der Waals surface area (Å²) in [5.41, 5.74) is 6.92. The number of aromatic amines is 2. The Morgan fingerprint density at radius 2 is 2.08 bits per heavy atom. The van der Waals surface area contributed by atoms with Gasteiger partial charge in [0, 0.05) is 38.5 Å². The van der Waals surface area contributed by atoms with Crippen LogP contribution in [0.5, 0.6) is 0 Å².